The molecule has 5 aromatic rings. The first kappa shape index (κ1) is 21.4. The molecule has 0 amide bonds. The number of thioether (sulfide) groups is 1. The quantitative estimate of drug-likeness (QED) is 0.275. The molecule has 2 aromatic carbocycles. The fourth-order valence-electron chi connectivity index (χ4n) is 3.21. The Kier molecular flexibility index (Phi) is 5.93. The van der Waals surface area contributed by atoms with Gasteiger partial charge in [0, 0.05) is 11.3 Å². The lowest BCUT2D eigenvalue weighted by Crippen LogP contribution is -1.91. The van der Waals surface area contributed by atoms with Crippen LogP contribution >= 0.6 is 23.1 Å². The molecule has 0 aliphatic heterocycles. The molecular weight excluding hydrogens is 456 g/mol. The van der Waals surface area contributed by atoms with Crippen LogP contribution in [0.1, 0.15) is 22.8 Å². The zero-order valence-corrected chi connectivity index (χ0v) is 19.8. The van der Waals surface area contributed by atoms with E-state index in [1.54, 1.807) is 0 Å². The van der Waals surface area contributed by atoms with Gasteiger partial charge in [-0.05, 0) is 44.0 Å². The number of nitrogens with one attached hydrogen (secondary N) is 1. The highest BCUT2D eigenvalue weighted by Crippen LogP contribution is 2.35. The summed E-state index contributed by atoms with van der Waals surface area (Å²) >= 11 is 2.97. The number of hydrogen-bond donors (Lipinski definition) is 1. The first-order valence-electron chi connectivity index (χ1n) is 10.2. The van der Waals surface area contributed by atoms with Crippen LogP contribution in [0.25, 0.3) is 22.7 Å². The summed E-state index contributed by atoms with van der Waals surface area (Å²) in [5.74, 6) is 1.99. The second kappa shape index (κ2) is 9.16. The van der Waals surface area contributed by atoms with Crippen molar-refractivity contribution in [3.05, 3.63) is 71.3 Å². The van der Waals surface area contributed by atoms with Crippen molar-refractivity contribution in [2.75, 3.05) is 5.32 Å². The Labute approximate surface area is 198 Å². The van der Waals surface area contributed by atoms with E-state index in [2.05, 4.69) is 56.8 Å². The summed E-state index contributed by atoms with van der Waals surface area (Å²) in [4.78, 5) is 0. The van der Waals surface area contributed by atoms with E-state index in [1.807, 2.05) is 43.3 Å². The Morgan fingerprint density at radius 2 is 1.79 bits per heavy atom. The van der Waals surface area contributed by atoms with Crippen molar-refractivity contribution in [3.63, 3.8) is 0 Å². The van der Waals surface area contributed by atoms with E-state index in [-0.39, 0.29) is 0 Å². The van der Waals surface area contributed by atoms with Gasteiger partial charge in [0.1, 0.15) is 17.0 Å². The van der Waals surface area contributed by atoms with Gasteiger partial charge in [0.25, 0.3) is 5.89 Å². The molecule has 0 spiro atoms. The van der Waals surface area contributed by atoms with E-state index >= 15 is 0 Å². The van der Waals surface area contributed by atoms with Crippen LogP contribution in [0.3, 0.4) is 0 Å². The van der Waals surface area contributed by atoms with Gasteiger partial charge < -0.3 is 14.3 Å². The molecule has 0 radical (unpaired) electrons. The Hall–Kier alpha value is -3.50. The number of aromatic nitrogens is 5. The standard InChI is InChI=1S/C23H20N6O2S2/c1-13-9-10-17(11-14(13)2)24-22-27-28-23(33-22)32-12-18-25-26-21(30-18)19-15(3)31-29-20(19)16-7-5-4-6-8-16/h4-11H,12H2,1-3H3,(H,24,27). The minimum Gasteiger partial charge on any atom is -0.420 e. The monoisotopic (exact) mass is 476 g/mol. The summed E-state index contributed by atoms with van der Waals surface area (Å²) in [5.41, 5.74) is 5.79. The molecule has 0 unspecified atom stereocenters. The molecule has 8 nitrogen and oxygen atoms in total. The van der Waals surface area contributed by atoms with Gasteiger partial charge in [-0.25, -0.2) is 0 Å². The molecule has 166 valence electrons. The molecule has 0 aliphatic carbocycles. The van der Waals surface area contributed by atoms with Gasteiger partial charge >= 0.3 is 0 Å². The molecule has 5 rings (SSSR count). The highest BCUT2D eigenvalue weighted by atomic mass is 32.2. The van der Waals surface area contributed by atoms with Gasteiger partial charge in [0.15, 0.2) is 4.34 Å². The molecule has 10 heteroatoms. The SMILES string of the molecule is Cc1ccc(Nc2nnc(SCc3nnc(-c4c(-c5ccccc5)noc4C)o3)s2)cc1C. The summed E-state index contributed by atoms with van der Waals surface area (Å²) in [6.07, 6.45) is 0. The van der Waals surface area contributed by atoms with E-state index in [0.717, 1.165) is 20.7 Å². The van der Waals surface area contributed by atoms with Crippen molar-refractivity contribution < 1.29 is 8.94 Å². The number of rotatable bonds is 7. The molecular formula is C23H20N6O2S2. The van der Waals surface area contributed by atoms with Gasteiger partial charge in [-0.1, -0.05) is 64.7 Å². The van der Waals surface area contributed by atoms with Crippen molar-refractivity contribution in [2.45, 2.75) is 30.9 Å². The number of aryl methyl sites for hydroxylation is 3. The number of benzene rings is 2. The van der Waals surface area contributed by atoms with E-state index < -0.39 is 0 Å². The van der Waals surface area contributed by atoms with Crippen LogP contribution in [-0.2, 0) is 5.75 Å². The Bertz CT molecular complexity index is 1390. The highest BCUT2D eigenvalue weighted by molar-refractivity contribution is 8.00. The topological polar surface area (TPSA) is 103 Å². The second-order valence-corrected chi connectivity index (χ2v) is 9.62. The van der Waals surface area contributed by atoms with Crippen LogP contribution in [0.5, 0.6) is 0 Å². The third kappa shape index (κ3) is 4.67. The lowest BCUT2D eigenvalue weighted by Gasteiger charge is -2.05. The molecule has 0 saturated carbocycles. The van der Waals surface area contributed by atoms with E-state index in [4.69, 9.17) is 8.94 Å². The highest BCUT2D eigenvalue weighted by Gasteiger charge is 2.22. The predicted octanol–water partition coefficient (Wildman–Crippen LogP) is 6.20. The van der Waals surface area contributed by atoms with Crippen LogP contribution < -0.4 is 5.32 Å². The zero-order valence-electron chi connectivity index (χ0n) is 18.2. The van der Waals surface area contributed by atoms with Crippen LogP contribution in [0, 0.1) is 20.8 Å². The Morgan fingerprint density at radius 3 is 2.61 bits per heavy atom. The van der Waals surface area contributed by atoms with Crippen molar-refractivity contribution in [3.8, 4) is 22.7 Å². The lowest BCUT2D eigenvalue weighted by atomic mass is 10.1. The van der Waals surface area contributed by atoms with Crippen LogP contribution in [0.4, 0.5) is 10.8 Å². The number of nitrogens with zero attached hydrogens (tertiary/aromatic N) is 5. The maximum atomic E-state index is 5.92. The second-order valence-electron chi connectivity index (χ2n) is 7.42. The van der Waals surface area contributed by atoms with Gasteiger partial charge in [0.2, 0.25) is 11.0 Å². The average molecular weight is 477 g/mol. The third-order valence-corrected chi connectivity index (χ3v) is 7.03. The van der Waals surface area contributed by atoms with E-state index in [9.17, 15) is 0 Å². The minimum absolute atomic E-state index is 0.387. The maximum Gasteiger partial charge on any atom is 0.253 e. The van der Waals surface area contributed by atoms with Gasteiger partial charge in [0.05, 0.1) is 5.75 Å². The zero-order chi connectivity index (χ0) is 22.8. The molecule has 3 aromatic heterocycles. The predicted molar refractivity (Wildman–Crippen MR) is 129 cm³/mol. The molecule has 3 heterocycles. The first-order chi connectivity index (χ1) is 16.1. The van der Waals surface area contributed by atoms with Gasteiger partial charge in [-0.3, -0.25) is 0 Å². The smallest absolute Gasteiger partial charge is 0.253 e. The summed E-state index contributed by atoms with van der Waals surface area (Å²) in [6, 6.07) is 16.0. The third-order valence-electron chi connectivity index (χ3n) is 5.07. The summed E-state index contributed by atoms with van der Waals surface area (Å²) in [6.45, 7) is 6.01. The molecule has 1 N–H and O–H groups in total. The summed E-state index contributed by atoms with van der Waals surface area (Å²) < 4.78 is 12.1. The van der Waals surface area contributed by atoms with Crippen LogP contribution in [-0.4, -0.2) is 25.6 Å². The molecule has 0 fully saturated rings. The largest absolute Gasteiger partial charge is 0.420 e. The summed E-state index contributed by atoms with van der Waals surface area (Å²) in [5, 5.41) is 25.1. The average Bonchev–Trinajstić information content (AvgIpc) is 3.55. The molecule has 0 atom stereocenters. The van der Waals surface area contributed by atoms with Gasteiger partial charge in [-0.2, -0.15) is 0 Å². The van der Waals surface area contributed by atoms with E-state index in [1.165, 1.54) is 34.2 Å². The van der Waals surface area contributed by atoms with Crippen molar-refractivity contribution in [1.82, 2.24) is 25.6 Å². The molecule has 0 saturated heterocycles. The number of anilines is 2. The normalized spacial score (nSPS) is 11.1. The summed E-state index contributed by atoms with van der Waals surface area (Å²) in [7, 11) is 0. The fraction of sp³-hybridized carbons (Fsp3) is 0.174. The fourth-order valence-corrected chi connectivity index (χ4v) is 4.82. The number of hydrogen-bond acceptors (Lipinski definition) is 10. The first-order valence-corrected chi connectivity index (χ1v) is 12.0. The van der Waals surface area contributed by atoms with Crippen molar-refractivity contribution >= 4 is 33.9 Å². The lowest BCUT2D eigenvalue weighted by molar-refractivity contribution is 0.399. The van der Waals surface area contributed by atoms with Crippen LogP contribution in [0.15, 0.2) is 61.8 Å². The Balaban J connectivity index is 1.27. The molecule has 33 heavy (non-hydrogen) atoms. The van der Waals surface area contributed by atoms with Gasteiger partial charge in [-0.15, -0.1) is 20.4 Å². The van der Waals surface area contributed by atoms with Crippen molar-refractivity contribution in [1.29, 1.82) is 0 Å². The van der Waals surface area contributed by atoms with Crippen LogP contribution in [0.2, 0.25) is 0 Å². The molecule has 0 aliphatic rings. The Morgan fingerprint density at radius 1 is 0.939 bits per heavy atom. The minimum atomic E-state index is 0.387. The maximum absolute atomic E-state index is 5.92. The van der Waals surface area contributed by atoms with E-state index in [0.29, 0.717) is 34.6 Å². The van der Waals surface area contributed by atoms with Crippen molar-refractivity contribution in [2.24, 2.45) is 0 Å². The molecule has 0 bridgehead atoms.